The van der Waals surface area contributed by atoms with Crippen LogP contribution in [0.5, 0.6) is 0 Å². The molecule has 12 heavy (non-hydrogen) atoms. The lowest BCUT2D eigenvalue weighted by Gasteiger charge is -2.11. The third kappa shape index (κ3) is 5.11. The fourth-order valence-corrected chi connectivity index (χ4v) is 1.32. The summed E-state index contributed by atoms with van der Waals surface area (Å²) in [6.45, 7) is 9.67. The number of ketones is 1. The van der Waals surface area contributed by atoms with Gasteiger partial charge >= 0.3 is 0 Å². The second-order valence-electron chi connectivity index (χ2n) is 3.59. The first-order valence-corrected chi connectivity index (χ1v) is 4.72. The molecule has 0 aromatic carbocycles. The monoisotopic (exact) mass is 168 g/mol. The Bertz CT molecular complexity index is 158. The Labute approximate surface area is 75.9 Å². The quantitative estimate of drug-likeness (QED) is 0.556. The summed E-state index contributed by atoms with van der Waals surface area (Å²) in [6, 6.07) is 0. The zero-order valence-electron chi connectivity index (χ0n) is 8.52. The number of allylic oxidation sites excluding steroid dienone is 1. The Kier molecular flexibility index (Phi) is 5.69. The Morgan fingerprint density at radius 1 is 1.33 bits per heavy atom. The van der Waals surface area contributed by atoms with Gasteiger partial charge in [-0.05, 0) is 33.1 Å². The molecule has 0 aliphatic carbocycles. The number of hydrogen-bond acceptors (Lipinski definition) is 1. The highest BCUT2D eigenvalue weighted by Gasteiger charge is 2.11. The van der Waals surface area contributed by atoms with Crippen molar-refractivity contribution < 1.29 is 4.79 Å². The maximum atomic E-state index is 11.1. The molecule has 1 heteroatoms. The molecule has 0 aromatic heterocycles. The molecule has 0 spiro atoms. The molecule has 0 amide bonds. The van der Waals surface area contributed by atoms with Crippen LogP contribution in [0.2, 0.25) is 0 Å². The maximum absolute atomic E-state index is 11.1. The number of rotatable bonds is 6. The van der Waals surface area contributed by atoms with E-state index in [0.29, 0.717) is 5.78 Å². The molecule has 1 unspecified atom stereocenters. The van der Waals surface area contributed by atoms with Gasteiger partial charge in [-0.2, -0.15) is 0 Å². The summed E-state index contributed by atoms with van der Waals surface area (Å²) >= 11 is 0. The van der Waals surface area contributed by atoms with Crippen molar-refractivity contribution in [3.05, 3.63) is 12.2 Å². The van der Waals surface area contributed by atoms with E-state index in [-0.39, 0.29) is 5.92 Å². The summed E-state index contributed by atoms with van der Waals surface area (Å²) in [6.07, 6.45) is 4.10. The molecule has 0 heterocycles. The van der Waals surface area contributed by atoms with Crippen molar-refractivity contribution in [1.82, 2.24) is 0 Å². The fraction of sp³-hybridized carbons (Fsp3) is 0.727. The molecule has 0 saturated carbocycles. The summed E-state index contributed by atoms with van der Waals surface area (Å²) in [5, 5.41) is 0. The Morgan fingerprint density at radius 3 is 2.25 bits per heavy atom. The highest BCUT2D eigenvalue weighted by Crippen LogP contribution is 2.16. The third-order valence-electron chi connectivity index (χ3n) is 2.13. The van der Waals surface area contributed by atoms with E-state index >= 15 is 0 Å². The van der Waals surface area contributed by atoms with Gasteiger partial charge in [0.15, 0.2) is 0 Å². The summed E-state index contributed by atoms with van der Waals surface area (Å²) in [4.78, 5) is 11.1. The molecule has 0 N–H and O–H groups in total. The van der Waals surface area contributed by atoms with Crippen LogP contribution in [0.15, 0.2) is 12.2 Å². The van der Waals surface area contributed by atoms with E-state index < -0.39 is 0 Å². The fourth-order valence-electron chi connectivity index (χ4n) is 1.32. The van der Waals surface area contributed by atoms with Gasteiger partial charge in [0.25, 0.3) is 0 Å². The molecule has 0 aliphatic heterocycles. The average molecular weight is 168 g/mol. The van der Waals surface area contributed by atoms with Gasteiger partial charge in [-0.1, -0.05) is 18.9 Å². The Balaban J connectivity index is 3.79. The molecule has 1 nitrogen and oxygen atoms in total. The van der Waals surface area contributed by atoms with Gasteiger partial charge in [0.05, 0.1) is 0 Å². The first-order chi connectivity index (χ1) is 5.57. The molecule has 0 fully saturated rings. The van der Waals surface area contributed by atoms with Crippen LogP contribution in [0.4, 0.5) is 0 Å². The van der Waals surface area contributed by atoms with E-state index in [1.54, 1.807) is 6.92 Å². The second-order valence-corrected chi connectivity index (χ2v) is 3.59. The van der Waals surface area contributed by atoms with E-state index in [4.69, 9.17) is 0 Å². The van der Waals surface area contributed by atoms with E-state index in [2.05, 4.69) is 13.5 Å². The topological polar surface area (TPSA) is 17.1 Å². The summed E-state index contributed by atoms with van der Waals surface area (Å²) in [5.41, 5.74) is 1.18. The molecule has 0 aromatic rings. The molecule has 1 atom stereocenters. The molecule has 0 rings (SSSR count). The Hall–Kier alpha value is -0.590. The van der Waals surface area contributed by atoms with Gasteiger partial charge in [0.2, 0.25) is 0 Å². The first kappa shape index (κ1) is 11.4. The SMILES string of the molecule is C=C(C)CCC(CCC)C(C)=O. The molecule has 0 aliphatic rings. The molecule has 0 radical (unpaired) electrons. The van der Waals surface area contributed by atoms with Crippen LogP contribution < -0.4 is 0 Å². The van der Waals surface area contributed by atoms with Crippen molar-refractivity contribution in [3.8, 4) is 0 Å². The van der Waals surface area contributed by atoms with Gasteiger partial charge in [0, 0.05) is 5.92 Å². The molecular weight excluding hydrogens is 148 g/mol. The second kappa shape index (κ2) is 5.99. The van der Waals surface area contributed by atoms with Crippen LogP contribution in [0.3, 0.4) is 0 Å². The lowest BCUT2D eigenvalue weighted by molar-refractivity contribution is -0.121. The average Bonchev–Trinajstić information content (AvgIpc) is 1.96. The van der Waals surface area contributed by atoms with Gasteiger partial charge in [-0.15, -0.1) is 6.58 Å². The zero-order chi connectivity index (χ0) is 9.56. The van der Waals surface area contributed by atoms with E-state index in [1.807, 2.05) is 6.92 Å². The van der Waals surface area contributed by atoms with E-state index in [9.17, 15) is 4.79 Å². The van der Waals surface area contributed by atoms with Crippen molar-refractivity contribution in [1.29, 1.82) is 0 Å². The molecule has 70 valence electrons. The van der Waals surface area contributed by atoms with E-state index in [0.717, 1.165) is 25.7 Å². The highest BCUT2D eigenvalue weighted by molar-refractivity contribution is 5.78. The van der Waals surface area contributed by atoms with Gasteiger partial charge in [-0.25, -0.2) is 0 Å². The predicted octanol–water partition coefficient (Wildman–Crippen LogP) is 3.35. The minimum absolute atomic E-state index is 0.270. The lowest BCUT2D eigenvalue weighted by atomic mass is 9.93. The summed E-state index contributed by atoms with van der Waals surface area (Å²) in [5.74, 6) is 0.602. The van der Waals surface area contributed by atoms with Crippen LogP contribution in [0.25, 0.3) is 0 Å². The van der Waals surface area contributed by atoms with Crippen molar-refractivity contribution in [2.75, 3.05) is 0 Å². The number of carbonyl (C=O) groups excluding carboxylic acids is 1. The summed E-state index contributed by atoms with van der Waals surface area (Å²) < 4.78 is 0. The molecular formula is C11H20O. The number of carbonyl (C=O) groups is 1. The number of Topliss-reactive ketones (excluding diaryl/α,β-unsaturated/α-hetero) is 1. The molecule has 0 bridgehead atoms. The number of hydrogen-bond donors (Lipinski definition) is 0. The van der Waals surface area contributed by atoms with Crippen molar-refractivity contribution in [2.45, 2.75) is 46.5 Å². The summed E-state index contributed by atoms with van der Waals surface area (Å²) in [7, 11) is 0. The lowest BCUT2D eigenvalue weighted by Crippen LogP contribution is -2.10. The van der Waals surface area contributed by atoms with Gasteiger partial charge < -0.3 is 0 Å². The first-order valence-electron chi connectivity index (χ1n) is 4.72. The standard InChI is InChI=1S/C11H20O/c1-5-6-11(10(4)12)8-7-9(2)3/h11H,2,5-8H2,1,3-4H3. The largest absolute Gasteiger partial charge is 0.300 e. The Morgan fingerprint density at radius 2 is 1.92 bits per heavy atom. The van der Waals surface area contributed by atoms with Crippen molar-refractivity contribution >= 4 is 5.78 Å². The maximum Gasteiger partial charge on any atom is 0.132 e. The van der Waals surface area contributed by atoms with E-state index in [1.165, 1.54) is 5.57 Å². The minimum atomic E-state index is 0.270. The minimum Gasteiger partial charge on any atom is -0.300 e. The van der Waals surface area contributed by atoms with Crippen LogP contribution in [-0.2, 0) is 4.79 Å². The van der Waals surface area contributed by atoms with Crippen molar-refractivity contribution in [3.63, 3.8) is 0 Å². The zero-order valence-corrected chi connectivity index (χ0v) is 8.52. The molecule has 0 saturated heterocycles. The van der Waals surface area contributed by atoms with Crippen molar-refractivity contribution in [2.24, 2.45) is 5.92 Å². The van der Waals surface area contributed by atoms with Gasteiger partial charge in [0.1, 0.15) is 5.78 Å². The normalized spacial score (nSPS) is 12.6. The third-order valence-corrected chi connectivity index (χ3v) is 2.13. The van der Waals surface area contributed by atoms with Crippen LogP contribution in [-0.4, -0.2) is 5.78 Å². The van der Waals surface area contributed by atoms with Crippen LogP contribution >= 0.6 is 0 Å². The van der Waals surface area contributed by atoms with Gasteiger partial charge in [-0.3, -0.25) is 4.79 Å². The van der Waals surface area contributed by atoms with Crippen LogP contribution in [0, 0.1) is 5.92 Å². The smallest absolute Gasteiger partial charge is 0.132 e. The highest BCUT2D eigenvalue weighted by atomic mass is 16.1. The van der Waals surface area contributed by atoms with Crippen LogP contribution in [0.1, 0.15) is 46.5 Å². The predicted molar refractivity (Wildman–Crippen MR) is 53.1 cm³/mol.